The Morgan fingerprint density at radius 2 is 2.41 bits per heavy atom. The molecule has 0 saturated carbocycles. The van der Waals surface area contributed by atoms with Crippen molar-refractivity contribution in [1.29, 1.82) is 0 Å². The number of H-pyrrole nitrogens is 1. The minimum absolute atomic E-state index is 0.104. The van der Waals surface area contributed by atoms with Gasteiger partial charge in [0, 0.05) is 50.2 Å². The van der Waals surface area contributed by atoms with Gasteiger partial charge in [-0.25, -0.2) is 4.98 Å². The van der Waals surface area contributed by atoms with E-state index in [9.17, 15) is 4.79 Å². The van der Waals surface area contributed by atoms with Crippen LogP contribution in [-0.2, 0) is 24.8 Å². The minimum atomic E-state index is -0.104. The molecule has 1 N–H and O–H groups in total. The highest BCUT2D eigenvalue weighted by atomic mass is 16.5. The first-order valence-corrected chi connectivity index (χ1v) is 7.54. The number of hydrogen-bond acceptors (Lipinski definition) is 5. The first-order valence-electron chi connectivity index (χ1n) is 7.54. The maximum absolute atomic E-state index is 11.3. The van der Waals surface area contributed by atoms with Gasteiger partial charge in [0.2, 0.25) is 0 Å². The predicted molar refractivity (Wildman–Crippen MR) is 81.4 cm³/mol. The van der Waals surface area contributed by atoms with Crippen molar-refractivity contribution in [2.75, 3.05) is 19.7 Å². The van der Waals surface area contributed by atoms with E-state index >= 15 is 0 Å². The maximum Gasteiger partial charge on any atom is 0.250 e. The second-order valence-electron chi connectivity index (χ2n) is 5.69. The second kappa shape index (κ2) is 6.85. The Labute approximate surface area is 128 Å². The number of hydrogen-bond donors (Lipinski definition) is 1. The van der Waals surface area contributed by atoms with Crippen LogP contribution in [0.25, 0.3) is 0 Å². The van der Waals surface area contributed by atoms with Crippen LogP contribution in [-0.4, -0.2) is 50.4 Å². The van der Waals surface area contributed by atoms with Crippen molar-refractivity contribution in [3.05, 3.63) is 46.4 Å². The zero-order valence-corrected chi connectivity index (χ0v) is 12.7. The lowest BCUT2D eigenvalue weighted by molar-refractivity contribution is -0.0346. The van der Waals surface area contributed by atoms with Crippen molar-refractivity contribution in [2.24, 2.45) is 7.05 Å². The minimum Gasteiger partial charge on any atom is -0.376 e. The molecule has 0 spiro atoms. The maximum atomic E-state index is 11.3. The number of aromatic nitrogens is 4. The zero-order valence-electron chi connectivity index (χ0n) is 12.7. The number of nitrogens with one attached hydrogen (secondary N) is 1. The summed E-state index contributed by atoms with van der Waals surface area (Å²) in [5.74, 6) is 0. The molecule has 7 heteroatoms. The van der Waals surface area contributed by atoms with Crippen molar-refractivity contribution < 1.29 is 4.74 Å². The largest absolute Gasteiger partial charge is 0.376 e. The smallest absolute Gasteiger partial charge is 0.250 e. The van der Waals surface area contributed by atoms with Crippen LogP contribution in [0, 0.1) is 0 Å². The molecule has 3 heterocycles. The Balaban J connectivity index is 1.51. The van der Waals surface area contributed by atoms with E-state index in [4.69, 9.17) is 4.74 Å². The lowest BCUT2D eigenvalue weighted by Gasteiger charge is -2.32. The predicted octanol–water partition coefficient (Wildman–Crippen LogP) is 0.337. The summed E-state index contributed by atoms with van der Waals surface area (Å²) in [5.41, 5.74) is 1.93. The van der Waals surface area contributed by atoms with Crippen LogP contribution in [0.15, 0.2) is 29.6 Å². The Morgan fingerprint density at radius 1 is 1.50 bits per heavy atom. The van der Waals surface area contributed by atoms with E-state index in [2.05, 4.69) is 20.0 Å². The molecule has 1 aliphatic rings. The summed E-state index contributed by atoms with van der Waals surface area (Å²) < 4.78 is 7.65. The third-order valence-corrected chi connectivity index (χ3v) is 3.84. The van der Waals surface area contributed by atoms with E-state index in [1.54, 1.807) is 6.07 Å². The van der Waals surface area contributed by atoms with E-state index in [0.717, 1.165) is 44.8 Å². The summed E-state index contributed by atoms with van der Waals surface area (Å²) >= 11 is 0. The summed E-state index contributed by atoms with van der Waals surface area (Å²) in [6.07, 6.45) is 7.23. The number of ether oxygens (including phenoxy) is 1. The van der Waals surface area contributed by atoms with Crippen LogP contribution in [0.1, 0.15) is 17.7 Å². The standard InChI is InChI=1S/C15H21N5O2/c1-19-8-12(7-18-19)9-20-4-5-22-14(10-20)3-2-13-6-15(21)17-11-16-13/h6-8,11,14H,2-5,9-10H2,1H3,(H,16,17,21)/t14-/m0/s1. The van der Waals surface area contributed by atoms with E-state index in [-0.39, 0.29) is 11.7 Å². The van der Waals surface area contributed by atoms with E-state index in [0.29, 0.717) is 0 Å². The van der Waals surface area contributed by atoms with E-state index < -0.39 is 0 Å². The number of morpholine rings is 1. The van der Waals surface area contributed by atoms with Crippen LogP contribution < -0.4 is 5.56 Å². The van der Waals surface area contributed by atoms with Gasteiger partial charge in [0.25, 0.3) is 5.56 Å². The Bertz CT molecular complexity index is 666. The van der Waals surface area contributed by atoms with Crippen LogP contribution in [0.4, 0.5) is 0 Å². The lowest BCUT2D eigenvalue weighted by Crippen LogP contribution is -2.42. The molecule has 118 valence electrons. The van der Waals surface area contributed by atoms with Gasteiger partial charge in [-0.05, 0) is 12.8 Å². The van der Waals surface area contributed by atoms with Crippen LogP contribution in [0.5, 0.6) is 0 Å². The highest BCUT2D eigenvalue weighted by Crippen LogP contribution is 2.13. The molecule has 1 fully saturated rings. The average molecular weight is 303 g/mol. The fourth-order valence-corrected chi connectivity index (χ4v) is 2.77. The van der Waals surface area contributed by atoms with E-state index in [1.165, 1.54) is 11.9 Å². The summed E-state index contributed by atoms with van der Waals surface area (Å²) in [6, 6.07) is 1.55. The molecule has 0 aromatic carbocycles. The molecule has 0 radical (unpaired) electrons. The van der Waals surface area contributed by atoms with Crippen molar-refractivity contribution in [3.63, 3.8) is 0 Å². The molecule has 0 bridgehead atoms. The van der Waals surface area contributed by atoms with Gasteiger partial charge in [-0.2, -0.15) is 5.10 Å². The monoisotopic (exact) mass is 303 g/mol. The molecule has 2 aromatic rings. The highest BCUT2D eigenvalue weighted by molar-refractivity contribution is 5.04. The van der Waals surface area contributed by atoms with Crippen LogP contribution in [0.3, 0.4) is 0 Å². The molecule has 0 aliphatic carbocycles. The first kappa shape index (κ1) is 14.9. The Kier molecular flexibility index (Phi) is 4.65. The van der Waals surface area contributed by atoms with Crippen molar-refractivity contribution in [3.8, 4) is 0 Å². The zero-order chi connectivity index (χ0) is 15.4. The van der Waals surface area contributed by atoms with Gasteiger partial charge >= 0.3 is 0 Å². The van der Waals surface area contributed by atoms with Gasteiger partial charge < -0.3 is 9.72 Å². The molecule has 7 nitrogen and oxygen atoms in total. The Hall–Kier alpha value is -1.99. The first-order chi connectivity index (χ1) is 10.7. The third-order valence-electron chi connectivity index (χ3n) is 3.84. The van der Waals surface area contributed by atoms with Gasteiger partial charge in [0.05, 0.1) is 25.2 Å². The van der Waals surface area contributed by atoms with Crippen LogP contribution in [0.2, 0.25) is 0 Å². The molecular weight excluding hydrogens is 282 g/mol. The fourth-order valence-electron chi connectivity index (χ4n) is 2.77. The topological polar surface area (TPSA) is 76.0 Å². The molecule has 1 aliphatic heterocycles. The van der Waals surface area contributed by atoms with Gasteiger partial charge in [-0.15, -0.1) is 0 Å². The molecule has 0 amide bonds. The second-order valence-corrected chi connectivity index (χ2v) is 5.69. The molecule has 3 rings (SSSR count). The highest BCUT2D eigenvalue weighted by Gasteiger charge is 2.20. The SMILES string of the molecule is Cn1cc(CN2CCO[C@@H](CCc3cc(=O)[nH]cn3)C2)cn1. The summed E-state index contributed by atoms with van der Waals surface area (Å²) in [6.45, 7) is 3.48. The fraction of sp³-hybridized carbons (Fsp3) is 0.533. The van der Waals surface area contributed by atoms with E-state index in [1.807, 2.05) is 24.1 Å². The van der Waals surface area contributed by atoms with Gasteiger partial charge in [-0.3, -0.25) is 14.4 Å². The number of aryl methyl sites for hydroxylation is 2. The van der Waals surface area contributed by atoms with Gasteiger partial charge in [-0.1, -0.05) is 0 Å². The number of aromatic amines is 1. The molecule has 0 unspecified atom stereocenters. The van der Waals surface area contributed by atoms with Crippen molar-refractivity contribution in [1.82, 2.24) is 24.6 Å². The van der Waals surface area contributed by atoms with Gasteiger partial charge in [0.1, 0.15) is 0 Å². The molecule has 1 atom stereocenters. The van der Waals surface area contributed by atoms with Crippen molar-refractivity contribution in [2.45, 2.75) is 25.5 Å². The van der Waals surface area contributed by atoms with Crippen LogP contribution >= 0.6 is 0 Å². The van der Waals surface area contributed by atoms with Gasteiger partial charge in [0.15, 0.2) is 0 Å². The lowest BCUT2D eigenvalue weighted by atomic mass is 10.1. The quantitative estimate of drug-likeness (QED) is 0.862. The number of nitrogens with zero attached hydrogens (tertiary/aromatic N) is 4. The number of rotatable bonds is 5. The molecule has 1 saturated heterocycles. The summed E-state index contributed by atoms with van der Waals surface area (Å²) in [7, 11) is 1.93. The molecular formula is C15H21N5O2. The average Bonchev–Trinajstić information content (AvgIpc) is 2.91. The summed E-state index contributed by atoms with van der Waals surface area (Å²) in [4.78, 5) is 20.4. The molecule has 22 heavy (non-hydrogen) atoms. The third kappa shape index (κ3) is 4.02. The molecule has 2 aromatic heterocycles. The van der Waals surface area contributed by atoms with Crippen molar-refractivity contribution >= 4 is 0 Å². The normalized spacial score (nSPS) is 19.4. The summed E-state index contributed by atoms with van der Waals surface area (Å²) in [5, 5.41) is 4.20. The Morgan fingerprint density at radius 3 is 3.18 bits per heavy atom.